The SMILES string of the molecule is CCc1cccc(NC(=O)c2cccc(CN3C(=O)CSC3=O)c2)c1. The largest absolute Gasteiger partial charge is 0.322 e. The van der Waals surface area contributed by atoms with E-state index in [1.54, 1.807) is 24.3 Å². The molecule has 1 saturated heterocycles. The second kappa shape index (κ2) is 7.53. The summed E-state index contributed by atoms with van der Waals surface area (Å²) < 4.78 is 0. The Morgan fingerprint density at radius 3 is 2.60 bits per heavy atom. The Hall–Kier alpha value is -2.60. The van der Waals surface area contributed by atoms with Gasteiger partial charge in [-0.3, -0.25) is 19.3 Å². The fraction of sp³-hybridized carbons (Fsp3) is 0.211. The van der Waals surface area contributed by atoms with Crippen molar-refractivity contribution >= 4 is 34.5 Å². The van der Waals surface area contributed by atoms with Crippen LogP contribution in [0, 0.1) is 0 Å². The molecule has 1 aliphatic heterocycles. The van der Waals surface area contributed by atoms with Gasteiger partial charge in [-0.2, -0.15) is 0 Å². The van der Waals surface area contributed by atoms with Crippen LogP contribution in [-0.2, 0) is 17.8 Å². The van der Waals surface area contributed by atoms with E-state index < -0.39 is 0 Å². The number of nitrogens with one attached hydrogen (secondary N) is 1. The predicted octanol–water partition coefficient (Wildman–Crippen LogP) is 3.70. The summed E-state index contributed by atoms with van der Waals surface area (Å²) in [6.07, 6.45) is 0.898. The van der Waals surface area contributed by atoms with Crippen LogP contribution >= 0.6 is 11.8 Å². The van der Waals surface area contributed by atoms with E-state index in [1.807, 2.05) is 24.3 Å². The summed E-state index contributed by atoms with van der Waals surface area (Å²) >= 11 is 1.01. The number of carbonyl (C=O) groups excluding carboxylic acids is 3. The van der Waals surface area contributed by atoms with Crippen LogP contribution < -0.4 is 5.32 Å². The first kappa shape index (κ1) is 17.2. The number of rotatable bonds is 5. The normalized spacial score (nSPS) is 14.0. The summed E-state index contributed by atoms with van der Waals surface area (Å²) in [6, 6.07) is 14.7. The van der Waals surface area contributed by atoms with Crippen LogP contribution in [0.2, 0.25) is 0 Å². The van der Waals surface area contributed by atoms with E-state index in [0.29, 0.717) is 5.56 Å². The van der Waals surface area contributed by atoms with Gasteiger partial charge in [0.15, 0.2) is 0 Å². The minimum absolute atomic E-state index is 0.187. The number of carbonyl (C=O) groups is 3. The van der Waals surface area contributed by atoms with Crippen molar-refractivity contribution in [1.82, 2.24) is 4.90 Å². The van der Waals surface area contributed by atoms with Crippen LogP contribution in [-0.4, -0.2) is 27.7 Å². The summed E-state index contributed by atoms with van der Waals surface area (Å²) in [7, 11) is 0. The minimum atomic E-state index is -0.240. The Labute approximate surface area is 150 Å². The van der Waals surface area contributed by atoms with E-state index in [9.17, 15) is 14.4 Å². The average Bonchev–Trinajstić information content (AvgIpc) is 2.94. The van der Waals surface area contributed by atoms with E-state index in [-0.39, 0.29) is 29.4 Å². The molecule has 128 valence electrons. The minimum Gasteiger partial charge on any atom is -0.322 e. The first-order chi connectivity index (χ1) is 12.1. The number of amides is 3. The van der Waals surface area contributed by atoms with Crippen LogP contribution in [0.25, 0.3) is 0 Å². The number of benzene rings is 2. The van der Waals surface area contributed by atoms with Gasteiger partial charge in [0.25, 0.3) is 11.1 Å². The van der Waals surface area contributed by atoms with Crippen molar-refractivity contribution in [2.75, 3.05) is 11.1 Å². The van der Waals surface area contributed by atoms with Gasteiger partial charge < -0.3 is 5.32 Å². The third-order valence-corrected chi connectivity index (χ3v) is 4.82. The highest BCUT2D eigenvalue weighted by molar-refractivity contribution is 8.14. The number of aryl methyl sites for hydroxylation is 1. The smallest absolute Gasteiger partial charge is 0.289 e. The lowest BCUT2D eigenvalue weighted by Crippen LogP contribution is -2.28. The highest BCUT2D eigenvalue weighted by Crippen LogP contribution is 2.22. The Kier molecular flexibility index (Phi) is 5.19. The Morgan fingerprint density at radius 1 is 1.12 bits per heavy atom. The van der Waals surface area contributed by atoms with Crippen molar-refractivity contribution in [3.63, 3.8) is 0 Å². The Morgan fingerprint density at radius 2 is 1.88 bits per heavy atom. The lowest BCUT2D eigenvalue weighted by molar-refractivity contribution is -0.125. The second-order valence-corrected chi connectivity index (χ2v) is 6.67. The van der Waals surface area contributed by atoms with Crippen LogP contribution in [0.4, 0.5) is 10.5 Å². The number of thioether (sulfide) groups is 1. The van der Waals surface area contributed by atoms with Crippen LogP contribution in [0.15, 0.2) is 48.5 Å². The van der Waals surface area contributed by atoms with Gasteiger partial charge in [-0.15, -0.1) is 0 Å². The fourth-order valence-corrected chi connectivity index (χ4v) is 3.32. The summed E-state index contributed by atoms with van der Waals surface area (Å²) in [4.78, 5) is 37.1. The molecule has 0 unspecified atom stereocenters. The van der Waals surface area contributed by atoms with Gasteiger partial charge in [0.1, 0.15) is 0 Å². The Bertz CT molecular complexity index is 819. The van der Waals surface area contributed by atoms with Gasteiger partial charge in [0.05, 0.1) is 12.3 Å². The van der Waals surface area contributed by atoms with E-state index in [0.717, 1.165) is 35.0 Å². The summed E-state index contributed by atoms with van der Waals surface area (Å²) in [5.41, 5.74) is 3.14. The zero-order chi connectivity index (χ0) is 17.8. The molecule has 3 amide bonds. The number of hydrogen-bond donors (Lipinski definition) is 1. The second-order valence-electron chi connectivity index (χ2n) is 5.74. The molecule has 0 aliphatic carbocycles. The van der Waals surface area contributed by atoms with Gasteiger partial charge >= 0.3 is 0 Å². The van der Waals surface area contributed by atoms with Gasteiger partial charge in [-0.25, -0.2) is 0 Å². The first-order valence-corrected chi connectivity index (χ1v) is 9.01. The molecule has 1 fully saturated rings. The zero-order valence-corrected chi connectivity index (χ0v) is 14.6. The zero-order valence-electron chi connectivity index (χ0n) is 13.8. The van der Waals surface area contributed by atoms with Crippen molar-refractivity contribution in [3.05, 3.63) is 65.2 Å². The quantitative estimate of drug-likeness (QED) is 0.889. The molecule has 0 spiro atoms. The van der Waals surface area contributed by atoms with Gasteiger partial charge in [0.2, 0.25) is 5.91 Å². The number of nitrogens with zero attached hydrogens (tertiary/aromatic N) is 1. The van der Waals surface area contributed by atoms with Crippen molar-refractivity contribution in [2.45, 2.75) is 19.9 Å². The first-order valence-electron chi connectivity index (χ1n) is 8.03. The summed E-state index contributed by atoms with van der Waals surface area (Å²) in [6.45, 7) is 2.25. The molecule has 0 atom stereocenters. The van der Waals surface area contributed by atoms with Gasteiger partial charge in [0, 0.05) is 11.3 Å². The molecule has 2 aromatic carbocycles. The molecule has 0 saturated carbocycles. The van der Waals surface area contributed by atoms with Crippen LogP contribution in [0.1, 0.15) is 28.4 Å². The molecule has 25 heavy (non-hydrogen) atoms. The molecule has 5 nitrogen and oxygen atoms in total. The van der Waals surface area contributed by atoms with Crippen LogP contribution in [0.5, 0.6) is 0 Å². The maximum absolute atomic E-state index is 12.5. The third-order valence-electron chi connectivity index (χ3n) is 3.96. The van der Waals surface area contributed by atoms with Crippen molar-refractivity contribution in [2.24, 2.45) is 0 Å². The molecule has 3 rings (SSSR count). The van der Waals surface area contributed by atoms with Gasteiger partial charge in [-0.1, -0.05) is 43.0 Å². The highest BCUT2D eigenvalue weighted by Gasteiger charge is 2.29. The maximum atomic E-state index is 12.5. The van der Waals surface area contributed by atoms with E-state index >= 15 is 0 Å². The van der Waals surface area contributed by atoms with Crippen molar-refractivity contribution < 1.29 is 14.4 Å². The third kappa shape index (κ3) is 4.09. The predicted molar refractivity (Wildman–Crippen MR) is 98.6 cm³/mol. The molecule has 2 aromatic rings. The standard InChI is InChI=1S/C19H18N2O3S/c1-2-13-5-4-8-16(10-13)20-18(23)15-7-3-6-14(9-15)11-21-17(22)12-25-19(21)24/h3-10H,2,11-12H2,1H3,(H,20,23). The molecule has 0 bridgehead atoms. The maximum Gasteiger partial charge on any atom is 0.289 e. The fourth-order valence-electron chi connectivity index (χ4n) is 2.60. The summed E-state index contributed by atoms with van der Waals surface area (Å²) in [5.74, 6) is -0.225. The topological polar surface area (TPSA) is 66.5 Å². The van der Waals surface area contributed by atoms with Gasteiger partial charge in [-0.05, 0) is 41.8 Å². The van der Waals surface area contributed by atoms with E-state index in [4.69, 9.17) is 0 Å². The Balaban J connectivity index is 1.73. The molecule has 1 heterocycles. The average molecular weight is 354 g/mol. The van der Waals surface area contributed by atoms with Crippen LogP contribution in [0.3, 0.4) is 0 Å². The molecule has 0 radical (unpaired) electrons. The summed E-state index contributed by atoms with van der Waals surface area (Å²) in [5, 5.41) is 2.64. The molecular formula is C19H18N2O3S. The molecule has 1 N–H and O–H groups in total. The molecule has 6 heteroatoms. The van der Waals surface area contributed by atoms with E-state index in [2.05, 4.69) is 12.2 Å². The van der Waals surface area contributed by atoms with E-state index in [1.165, 1.54) is 4.90 Å². The lowest BCUT2D eigenvalue weighted by Gasteiger charge is -2.13. The molecule has 0 aromatic heterocycles. The van der Waals surface area contributed by atoms with Crippen molar-refractivity contribution in [3.8, 4) is 0 Å². The van der Waals surface area contributed by atoms with Crippen molar-refractivity contribution in [1.29, 1.82) is 0 Å². The highest BCUT2D eigenvalue weighted by atomic mass is 32.2. The molecular weight excluding hydrogens is 336 g/mol. The number of hydrogen-bond acceptors (Lipinski definition) is 4. The number of anilines is 1. The molecule has 1 aliphatic rings. The monoisotopic (exact) mass is 354 g/mol. The lowest BCUT2D eigenvalue weighted by atomic mass is 10.1. The number of imide groups is 1.